The fraction of sp³-hybridized carbons (Fsp3) is 0. The Morgan fingerprint density at radius 2 is 1.79 bits per heavy atom. The minimum absolute atomic E-state index is 0.0390. The molecule has 0 aliphatic heterocycles. The molecule has 8 heteroatoms. The molecule has 3 aromatic carbocycles. The highest BCUT2D eigenvalue weighted by molar-refractivity contribution is 6.30. The number of aromatic amines is 1. The van der Waals surface area contributed by atoms with Gasteiger partial charge in [-0.2, -0.15) is 0 Å². The molecule has 140 valence electrons. The molecule has 1 heterocycles. The predicted octanol–water partition coefficient (Wildman–Crippen LogP) is 4.84. The fourth-order valence-electron chi connectivity index (χ4n) is 2.69. The van der Waals surface area contributed by atoms with Gasteiger partial charge in [0.15, 0.2) is 11.5 Å². The second-order valence-electron chi connectivity index (χ2n) is 5.92. The van der Waals surface area contributed by atoms with Gasteiger partial charge in [0.25, 0.3) is 0 Å². The van der Waals surface area contributed by atoms with Gasteiger partial charge in [0, 0.05) is 22.7 Å². The Balaban J connectivity index is 1.57. The Kier molecular flexibility index (Phi) is 4.50. The van der Waals surface area contributed by atoms with Crippen molar-refractivity contribution in [3.8, 4) is 34.4 Å². The zero-order valence-electron chi connectivity index (χ0n) is 14.3. The first-order valence-electron chi connectivity index (χ1n) is 8.22. The van der Waals surface area contributed by atoms with Crippen LogP contribution < -0.4 is 15.2 Å². The van der Waals surface area contributed by atoms with E-state index < -0.39 is 6.09 Å². The number of nitrogens with two attached hydrogens (primary N) is 1. The van der Waals surface area contributed by atoms with Gasteiger partial charge in [-0.05, 0) is 48.5 Å². The van der Waals surface area contributed by atoms with Gasteiger partial charge in [-0.3, -0.25) is 0 Å². The number of halogens is 1. The number of amides is 1. The second-order valence-corrected chi connectivity index (χ2v) is 6.36. The number of aromatic nitrogens is 2. The molecule has 4 rings (SSSR count). The van der Waals surface area contributed by atoms with Gasteiger partial charge in [0.05, 0.1) is 11.0 Å². The smallest absolute Gasteiger partial charge is 0.409 e. The minimum atomic E-state index is -0.874. The SMILES string of the molecule is NC(=O)Oc1ccc2nc(-c3ccc(Oc4ccc(Cl)cc4O)cc3)[nH]c2c1. The lowest BCUT2D eigenvalue weighted by molar-refractivity contribution is 0.211. The number of aromatic hydroxyl groups is 1. The van der Waals surface area contributed by atoms with E-state index in [0.29, 0.717) is 33.6 Å². The molecule has 1 amide bonds. The Morgan fingerprint density at radius 1 is 1.04 bits per heavy atom. The normalized spacial score (nSPS) is 10.8. The van der Waals surface area contributed by atoms with Crippen molar-refractivity contribution < 1.29 is 19.4 Å². The van der Waals surface area contributed by atoms with Crippen molar-refractivity contribution in [3.05, 3.63) is 65.7 Å². The Bertz CT molecular complexity index is 1170. The lowest BCUT2D eigenvalue weighted by atomic mass is 10.2. The van der Waals surface area contributed by atoms with Crippen molar-refractivity contribution in [2.75, 3.05) is 0 Å². The van der Waals surface area contributed by atoms with Crippen molar-refractivity contribution in [3.63, 3.8) is 0 Å². The number of hydrogen-bond acceptors (Lipinski definition) is 5. The van der Waals surface area contributed by atoms with Crippen LogP contribution in [0.3, 0.4) is 0 Å². The third kappa shape index (κ3) is 3.70. The summed E-state index contributed by atoms with van der Waals surface area (Å²) in [4.78, 5) is 18.6. The van der Waals surface area contributed by atoms with E-state index in [-0.39, 0.29) is 5.75 Å². The van der Waals surface area contributed by atoms with Crippen molar-refractivity contribution in [2.45, 2.75) is 0 Å². The molecule has 0 saturated carbocycles. The van der Waals surface area contributed by atoms with E-state index in [2.05, 4.69) is 9.97 Å². The molecule has 0 aliphatic carbocycles. The average Bonchev–Trinajstić information content (AvgIpc) is 3.07. The number of carbonyl (C=O) groups is 1. The van der Waals surface area contributed by atoms with E-state index in [0.717, 1.165) is 11.1 Å². The number of primary amides is 1. The Hall–Kier alpha value is -3.71. The molecule has 4 N–H and O–H groups in total. The Labute approximate surface area is 164 Å². The van der Waals surface area contributed by atoms with Crippen LogP contribution in [0.1, 0.15) is 0 Å². The monoisotopic (exact) mass is 395 g/mol. The van der Waals surface area contributed by atoms with Crippen LogP contribution in [0.15, 0.2) is 60.7 Å². The fourth-order valence-corrected chi connectivity index (χ4v) is 2.86. The maximum Gasteiger partial charge on any atom is 0.409 e. The highest BCUT2D eigenvalue weighted by atomic mass is 35.5. The summed E-state index contributed by atoms with van der Waals surface area (Å²) >= 11 is 5.82. The molecular weight excluding hydrogens is 382 g/mol. The molecule has 4 aromatic rings. The zero-order valence-corrected chi connectivity index (χ0v) is 15.1. The number of H-pyrrole nitrogens is 1. The highest BCUT2D eigenvalue weighted by Crippen LogP contribution is 2.33. The summed E-state index contributed by atoms with van der Waals surface area (Å²) in [5.41, 5.74) is 7.29. The van der Waals surface area contributed by atoms with Gasteiger partial charge >= 0.3 is 6.09 Å². The first kappa shape index (κ1) is 17.7. The van der Waals surface area contributed by atoms with E-state index in [1.807, 2.05) is 12.1 Å². The van der Waals surface area contributed by atoms with Gasteiger partial charge in [-0.25, -0.2) is 9.78 Å². The summed E-state index contributed by atoms with van der Waals surface area (Å²) in [6, 6.07) is 16.8. The molecule has 0 unspecified atom stereocenters. The molecule has 0 spiro atoms. The number of benzene rings is 3. The molecule has 0 aliphatic rings. The van der Waals surface area contributed by atoms with E-state index in [4.69, 9.17) is 26.8 Å². The second kappa shape index (κ2) is 7.13. The van der Waals surface area contributed by atoms with Crippen LogP contribution in [-0.4, -0.2) is 21.2 Å². The molecule has 0 atom stereocenters. The minimum Gasteiger partial charge on any atom is -0.504 e. The number of hydrogen-bond donors (Lipinski definition) is 3. The molecule has 1 aromatic heterocycles. The number of nitrogens with one attached hydrogen (secondary N) is 1. The predicted molar refractivity (Wildman–Crippen MR) is 105 cm³/mol. The van der Waals surface area contributed by atoms with Gasteiger partial charge in [0.1, 0.15) is 17.3 Å². The zero-order chi connectivity index (χ0) is 19.7. The van der Waals surface area contributed by atoms with E-state index >= 15 is 0 Å². The van der Waals surface area contributed by atoms with E-state index in [9.17, 15) is 9.90 Å². The summed E-state index contributed by atoms with van der Waals surface area (Å²) < 4.78 is 10.5. The first-order chi connectivity index (χ1) is 13.5. The van der Waals surface area contributed by atoms with Crippen LogP contribution in [-0.2, 0) is 0 Å². The molecule has 7 nitrogen and oxygen atoms in total. The van der Waals surface area contributed by atoms with Gasteiger partial charge in [-0.1, -0.05) is 11.6 Å². The summed E-state index contributed by atoms with van der Waals surface area (Å²) in [6.45, 7) is 0. The number of rotatable bonds is 4. The maximum atomic E-state index is 10.9. The quantitative estimate of drug-likeness (QED) is 0.458. The third-order valence-electron chi connectivity index (χ3n) is 3.95. The number of imidazole rings is 1. The number of phenolic OH excluding ortho intramolecular Hbond substituents is 1. The number of nitrogens with zero attached hydrogens (tertiary/aromatic N) is 1. The maximum absolute atomic E-state index is 10.9. The van der Waals surface area contributed by atoms with Crippen molar-refractivity contribution >= 4 is 28.7 Å². The van der Waals surface area contributed by atoms with E-state index in [1.54, 1.807) is 42.5 Å². The number of phenols is 1. The molecular formula is C20H14ClN3O4. The van der Waals surface area contributed by atoms with Gasteiger partial charge in [0.2, 0.25) is 0 Å². The van der Waals surface area contributed by atoms with Crippen LogP contribution in [0, 0.1) is 0 Å². The number of ether oxygens (including phenoxy) is 2. The summed E-state index contributed by atoms with van der Waals surface area (Å²) in [6.07, 6.45) is -0.874. The van der Waals surface area contributed by atoms with Crippen molar-refractivity contribution in [1.82, 2.24) is 9.97 Å². The standard InChI is InChI=1S/C20H14ClN3O4/c21-12-3-8-18(17(25)9-12)27-13-4-1-11(2-5-13)19-23-15-7-6-14(28-20(22)26)10-16(15)24-19/h1-10,25H,(H2,22,26)(H,23,24). The van der Waals surface area contributed by atoms with Crippen molar-refractivity contribution in [2.24, 2.45) is 5.73 Å². The largest absolute Gasteiger partial charge is 0.504 e. The topological polar surface area (TPSA) is 110 Å². The first-order valence-corrected chi connectivity index (χ1v) is 8.59. The van der Waals surface area contributed by atoms with Crippen LogP contribution in [0.4, 0.5) is 4.79 Å². The molecule has 0 bridgehead atoms. The van der Waals surface area contributed by atoms with E-state index in [1.165, 1.54) is 6.07 Å². The molecule has 0 saturated heterocycles. The summed E-state index contributed by atoms with van der Waals surface area (Å²) in [5, 5.41) is 10.3. The molecule has 0 radical (unpaired) electrons. The average molecular weight is 396 g/mol. The summed E-state index contributed by atoms with van der Waals surface area (Å²) in [5.74, 6) is 1.80. The van der Waals surface area contributed by atoms with Crippen molar-refractivity contribution in [1.29, 1.82) is 0 Å². The Morgan fingerprint density at radius 3 is 2.50 bits per heavy atom. The molecule has 28 heavy (non-hydrogen) atoms. The number of fused-ring (bicyclic) bond motifs is 1. The van der Waals surface area contributed by atoms with Gasteiger partial charge in [-0.15, -0.1) is 0 Å². The van der Waals surface area contributed by atoms with Crippen LogP contribution in [0.2, 0.25) is 5.02 Å². The third-order valence-corrected chi connectivity index (χ3v) is 4.18. The number of carbonyl (C=O) groups excluding carboxylic acids is 1. The van der Waals surface area contributed by atoms with Crippen LogP contribution in [0.25, 0.3) is 22.4 Å². The van der Waals surface area contributed by atoms with Crippen LogP contribution in [0.5, 0.6) is 23.0 Å². The lowest BCUT2D eigenvalue weighted by Gasteiger charge is -2.08. The highest BCUT2D eigenvalue weighted by Gasteiger charge is 2.09. The molecule has 0 fully saturated rings. The van der Waals surface area contributed by atoms with Gasteiger partial charge < -0.3 is 25.3 Å². The summed E-state index contributed by atoms with van der Waals surface area (Å²) in [7, 11) is 0. The van der Waals surface area contributed by atoms with Crippen LogP contribution >= 0.6 is 11.6 Å². The lowest BCUT2D eigenvalue weighted by Crippen LogP contribution is -2.16.